The Hall–Kier alpha value is -3.77. The standard InChI is InChI=1S/C29H24O3S.C4H12N/c1-22-6-2-3-7-25(22)16-10-23-11-17-26(18-12-23)27-19-13-24(14-20-27)15-21-28-8-4-5-9-29(28)33(30,31)32;1-5(2,3)4/h2-21H,1H3,(H,30,31,32);1-4H3/q;+1/p-1/b16-10+,21-15+;. The molecular weight excluding hydrogens is 490 g/mol. The third kappa shape index (κ3) is 9.27. The first-order chi connectivity index (χ1) is 17.9. The molecule has 0 fully saturated rings. The fraction of sp³-hybridized carbons (Fsp3) is 0.152. The number of quaternary nitrogens is 1. The monoisotopic (exact) mass is 525 g/mol. The molecule has 0 aliphatic carbocycles. The minimum absolute atomic E-state index is 0.213. The van der Waals surface area contributed by atoms with Crippen LogP contribution in [0.2, 0.25) is 0 Å². The van der Waals surface area contributed by atoms with E-state index in [9.17, 15) is 13.0 Å². The molecule has 0 radical (unpaired) electrons. The van der Waals surface area contributed by atoms with Gasteiger partial charge >= 0.3 is 0 Å². The van der Waals surface area contributed by atoms with Gasteiger partial charge in [-0.1, -0.05) is 115 Å². The van der Waals surface area contributed by atoms with Crippen molar-refractivity contribution in [2.24, 2.45) is 0 Å². The SMILES string of the molecule is C[N+](C)(C)C.Cc1ccccc1/C=C/c1ccc(-c2ccc(/C=C/c3ccccc3S(=O)(=O)[O-])cc2)cc1. The summed E-state index contributed by atoms with van der Waals surface area (Å²) in [5.74, 6) is 0. The van der Waals surface area contributed by atoms with Crippen molar-refractivity contribution in [3.05, 3.63) is 125 Å². The summed E-state index contributed by atoms with van der Waals surface area (Å²) in [6.45, 7) is 2.10. The van der Waals surface area contributed by atoms with Gasteiger partial charge in [0.2, 0.25) is 0 Å². The summed E-state index contributed by atoms with van der Waals surface area (Å²) in [6, 6.07) is 30.8. The van der Waals surface area contributed by atoms with Crippen molar-refractivity contribution in [1.82, 2.24) is 0 Å². The fourth-order valence-electron chi connectivity index (χ4n) is 3.57. The van der Waals surface area contributed by atoms with E-state index in [1.165, 1.54) is 17.2 Å². The first-order valence-electron chi connectivity index (χ1n) is 12.4. The average molecular weight is 526 g/mol. The lowest BCUT2D eigenvalue weighted by Gasteiger charge is -2.14. The van der Waals surface area contributed by atoms with E-state index in [0.717, 1.165) is 26.7 Å². The maximum Gasteiger partial charge on any atom is 0.125 e. The van der Waals surface area contributed by atoms with Gasteiger partial charge in [0.1, 0.15) is 10.1 Å². The summed E-state index contributed by atoms with van der Waals surface area (Å²) in [6.07, 6.45) is 7.68. The van der Waals surface area contributed by atoms with Gasteiger partial charge < -0.3 is 9.04 Å². The van der Waals surface area contributed by atoms with Crippen LogP contribution in [-0.2, 0) is 10.1 Å². The smallest absolute Gasteiger partial charge is 0.125 e. The van der Waals surface area contributed by atoms with Crippen LogP contribution in [0.5, 0.6) is 0 Å². The molecule has 0 spiro atoms. The lowest BCUT2D eigenvalue weighted by molar-refractivity contribution is -0.849. The molecule has 0 bridgehead atoms. The molecule has 38 heavy (non-hydrogen) atoms. The predicted molar refractivity (Wildman–Crippen MR) is 159 cm³/mol. The zero-order chi connectivity index (χ0) is 27.8. The number of rotatable bonds is 6. The van der Waals surface area contributed by atoms with Crippen molar-refractivity contribution in [3.63, 3.8) is 0 Å². The van der Waals surface area contributed by atoms with E-state index in [0.29, 0.717) is 5.56 Å². The highest BCUT2D eigenvalue weighted by molar-refractivity contribution is 7.85. The van der Waals surface area contributed by atoms with Gasteiger partial charge in [-0.3, -0.25) is 0 Å². The molecule has 4 aromatic rings. The summed E-state index contributed by atoms with van der Waals surface area (Å²) in [4.78, 5) is -0.213. The van der Waals surface area contributed by atoms with Crippen molar-refractivity contribution in [2.45, 2.75) is 11.8 Å². The number of aryl methyl sites for hydroxylation is 1. The second kappa shape index (κ2) is 12.7. The number of hydrogen-bond donors (Lipinski definition) is 0. The molecule has 0 heterocycles. The molecule has 0 aromatic heterocycles. The van der Waals surface area contributed by atoms with Gasteiger partial charge in [-0.05, 0) is 51.9 Å². The van der Waals surface area contributed by atoms with Crippen molar-refractivity contribution in [3.8, 4) is 11.1 Å². The summed E-state index contributed by atoms with van der Waals surface area (Å²) in [7, 11) is 3.99. The Morgan fingerprint density at radius 3 is 1.42 bits per heavy atom. The molecule has 0 aliphatic rings. The lowest BCUT2D eigenvalue weighted by atomic mass is 10.0. The Labute approximate surface area is 227 Å². The van der Waals surface area contributed by atoms with Crippen LogP contribution in [0.3, 0.4) is 0 Å². The highest BCUT2D eigenvalue weighted by Crippen LogP contribution is 2.23. The zero-order valence-corrected chi connectivity index (χ0v) is 23.4. The highest BCUT2D eigenvalue weighted by Gasteiger charge is 2.05. The van der Waals surface area contributed by atoms with Crippen molar-refractivity contribution >= 4 is 34.4 Å². The fourth-order valence-corrected chi connectivity index (χ4v) is 4.24. The molecule has 0 amide bonds. The van der Waals surface area contributed by atoms with Gasteiger partial charge in [-0.25, -0.2) is 8.42 Å². The summed E-state index contributed by atoms with van der Waals surface area (Å²) >= 11 is 0. The molecule has 4 aromatic carbocycles. The Bertz CT molecular complexity index is 1500. The predicted octanol–water partition coefficient (Wildman–Crippen LogP) is 7.23. The molecule has 0 saturated heterocycles. The molecular formula is C33H35NO3S. The van der Waals surface area contributed by atoms with Crippen LogP contribution in [0.4, 0.5) is 0 Å². The van der Waals surface area contributed by atoms with Crippen LogP contribution in [-0.4, -0.2) is 45.6 Å². The van der Waals surface area contributed by atoms with Crippen LogP contribution in [0.15, 0.2) is 102 Å². The van der Waals surface area contributed by atoms with Gasteiger partial charge in [-0.15, -0.1) is 0 Å². The molecule has 4 rings (SSSR count). The number of hydrogen-bond acceptors (Lipinski definition) is 3. The molecule has 0 atom stereocenters. The van der Waals surface area contributed by atoms with E-state index >= 15 is 0 Å². The van der Waals surface area contributed by atoms with Crippen LogP contribution >= 0.6 is 0 Å². The van der Waals surface area contributed by atoms with Gasteiger partial charge in [0.05, 0.1) is 33.1 Å². The summed E-state index contributed by atoms with van der Waals surface area (Å²) < 4.78 is 35.3. The molecule has 196 valence electrons. The molecule has 0 saturated carbocycles. The average Bonchev–Trinajstić information content (AvgIpc) is 2.86. The van der Waals surface area contributed by atoms with E-state index in [-0.39, 0.29) is 4.90 Å². The van der Waals surface area contributed by atoms with Gasteiger partial charge in [0.15, 0.2) is 0 Å². The molecule has 0 aliphatic heterocycles. The number of nitrogens with zero attached hydrogens (tertiary/aromatic N) is 1. The Morgan fingerprint density at radius 2 is 0.974 bits per heavy atom. The van der Waals surface area contributed by atoms with E-state index in [2.05, 4.69) is 83.7 Å². The van der Waals surface area contributed by atoms with Crippen molar-refractivity contribution in [1.29, 1.82) is 0 Å². The van der Waals surface area contributed by atoms with Crippen LogP contribution in [0, 0.1) is 6.92 Å². The van der Waals surface area contributed by atoms with E-state index in [1.807, 2.05) is 36.4 Å². The lowest BCUT2D eigenvalue weighted by Crippen LogP contribution is -2.27. The number of benzene rings is 4. The summed E-state index contributed by atoms with van der Waals surface area (Å²) in [5.41, 5.74) is 7.08. The third-order valence-electron chi connectivity index (χ3n) is 5.44. The van der Waals surface area contributed by atoms with E-state index < -0.39 is 10.1 Å². The normalized spacial score (nSPS) is 11.9. The van der Waals surface area contributed by atoms with E-state index in [1.54, 1.807) is 30.4 Å². The van der Waals surface area contributed by atoms with Crippen LogP contribution in [0.1, 0.15) is 27.8 Å². The topological polar surface area (TPSA) is 57.2 Å². The maximum atomic E-state index is 11.4. The molecule has 0 N–H and O–H groups in total. The van der Waals surface area contributed by atoms with Crippen LogP contribution in [0.25, 0.3) is 35.4 Å². The van der Waals surface area contributed by atoms with E-state index in [4.69, 9.17) is 0 Å². The largest absolute Gasteiger partial charge is 0.744 e. The second-order valence-electron chi connectivity index (χ2n) is 10.4. The van der Waals surface area contributed by atoms with Gasteiger partial charge in [0.25, 0.3) is 0 Å². The first kappa shape index (κ1) is 28.8. The minimum atomic E-state index is -4.51. The molecule has 5 heteroatoms. The highest BCUT2D eigenvalue weighted by atomic mass is 32.2. The van der Waals surface area contributed by atoms with Crippen molar-refractivity contribution < 1.29 is 17.5 Å². The molecule has 0 unspecified atom stereocenters. The minimum Gasteiger partial charge on any atom is -0.744 e. The van der Waals surface area contributed by atoms with Gasteiger partial charge in [0, 0.05) is 0 Å². The van der Waals surface area contributed by atoms with Gasteiger partial charge in [-0.2, -0.15) is 0 Å². The Kier molecular flexibility index (Phi) is 9.59. The Morgan fingerprint density at radius 1 is 0.579 bits per heavy atom. The molecule has 4 nitrogen and oxygen atoms in total. The Balaban J connectivity index is 0.000000732. The second-order valence-corrected chi connectivity index (χ2v) is 11.8. The van der Waals surface area contributed by atoms with Crippen molar-refractivity contribution in [2.75, 3.05) is 28.2 Å². The quantitative estimate of drug-likeness (QED) is 0.152. The zero-order valence-electron chi connectivity index (χ0n) is 22.6. The first-order valence-corrected chi connectivity index (χ1v) is 13.8. The maximum absolute atomic E-state index is 11.4. The summed E-state index contributed by atoms with van der Waals surface area (Å²) in [5, 5.41) is 0. The third-order valence-corrected chi connectivity index (χ3v) is 6.35. The van der Waals surface area contributed by atoms with Crippen LogP contribution < -0.4 is 0 Å².